The van der Waals surface area contributed by atoms with E-state index in [1.165, 1.54) is 11.8 Å². The highest BCUT2D eigenvalue weighted by Gasteiger charge is 2.48. The summed E-state index contributed by atoms with van der Waals surface area (Å²) in [7, 11) is 0. The molecule has 3 aromatic carbocycles. The zero-order valence-electron chi connectivity index (χ0n) is 22.0. The lowest BCUT2D eigenvalue weighted by molar-refractivity contribution is -0.132. The van der Waals surface area contributed by atoms with Crippen LogP contribution in [0.4, 0.5) is 5.13 Å². The molecule has 2 heterocycles. The highest BCUT2D eigenvalue weighted by atomic mass is 127. The van der Waals surface area contributed by atoms with Gasteiger partial charge in [-0.15, -0.1) is 0 Å². The van der Waals surface area contributed by atoms with Gasteiger partial charge in [0, 0.05) is 16.1 Å². The van der Waals surface area contributed by atoms with E-state index < -0.39 is 17.7 Å². The van der Waals surface area contributed by atoms with Crippen molar-refractivity contribution in [2.45, 2.75) is 33.4 Å². The van der Waals surface area contributed by atoms with Crippen LogP contribution in [0.2, 0.25) is 0 Å². The standard InChI is InChI=1S/C31H25IN2O5S/c1-17-6-4-5-7-22(17)16-39-24-14-10-21(11-15-24)27(36)25-26(20-8-12-23(32)13-9-20)34(30(38)28(25)37)31-33-18(2)29(40-31)19(3)35/h4-15,26,36H,16H2,1-3H3. The number of hydrogen-bond donors (Lipinski definition) is 1. The molecule has 5 rings (SSSR count). The summed E-state index contributed by atoms with van der Waals surface area (Å²) in [4.78, 5) is 45.0. The Kier molecular flexibility index (Phi) is 7.86. The van der Waals surface area contributed by atoms with Crippen molar-refractivity contribution in [1.29, 1.82) is 0 Å². The van der Waals surface area contributed by atoms with Gasteiger partial charge in [0.1, 0.15) is 18.1 Å². The minimum Gasteiger partial charge on any atom is -0.507 e. The van der Waals surface area contributed by atoms with Crippen LogP contribution >= 0.6 is 33.9 Å². The minimum atomic E-state index is -0.917. The average molecular weight is 665 g/mol. The maximum Gasteiger partial charge on any atom is 0.301 e. The molecule has 7 nitrogen and oxygen atoms in total. The van der Waals surface area contributed by atoms with E-state index in [-0.39, 0.29) is 22.2 Å². The Hall–Kier alpha value is -3.83. The smallest absolute Gasteiger partial charge is 0.301 e. The summed E-state index contributed by atoms with van der Waals surface area (Å²) in [5, 5.41) is 11.6. The van der Waals surface area contributed by atoms with Crippen molar-refractivity contribution < 1.29 is 24.2 Å². The molecule has 40 heavy (non-hydrogen) atoms. The van der Waals surface area contributed by atoms with Crippen molar-refractivity contribution in [2.75, 3.05) is 4.90 Å². The lowest BCUT2D eigenvalue weighted by atomic mass is 9.95. The molecule has 1 aromatic heterocycles. The molecule has 1 unspecified atom stereocenters. The summed E-state index contributed by atoms with van der Waals surface area (Å²) in [6.45, 7) is 5.54. The van der Waals surface area contributed by atoms with Gasteiger partial charge >= 0.3 is 5.91 Å². The van der Waals surface area contributed by atoms with E-state index in [0.717, 1.165) is 26.0 Å². The summed E-state index contributed by atoms with van der Waals surface area (Å²) >= 11 is 3.23. The number of aliphatic hydroxyl groups is 1. The van der Waals surface area contributed by atoms with Crippen LogP contribution in [0.1, 0.15) is 50.6 Å². The van der Waals surface area contributed by atoms with Gasteiger partial charge in [-0.2, -0.15) is 0 Å². The number of anilines is 1. The molecular formula is C31H25IN2O5S. The number of ether oxygens (including phenoxy) is 1. The molecule has 1 amide bonds. The first-order valence-corrected chi connectivity index (χ1v) is 14.4. The molecule has 1 N–H and O–H groups in total. The number of ketones is 2. The number of thiazole rings is 1. The van der Waals surface area contributed by atoms with Crippen LogP contribution < -0.4 is 9.64 Å². The van der Waals surface area contributed by atoms with Crippen LogP contribution in [-0.4, -0.2) is 27.6 Å². The molecule has 0 spiro atoms. The van der Waals surface area contributed by atoms with Crippen molar-refractivity contribution in [3.05, 3.63) is 115 Å². The van der Waals surface area contributed by atoms with Crippen molar-refractivity contribution in [3.8, 4) is 5.75 Å². The van der Waals surface area contributed by atoms with Crippen LogP contribution in [0.3, 0.4) is 0 Å². The van der Waals surface area contributed by atoms with Crippen molar-refractivity contribution >= 4 is 62.3 Å². The molecule has 0 bridgehead atoms. The SMILES string of the molecule is CC(=O)c1sc(N2C(=O)C(=O)C(=C(O)c3ccc(OCc4ccccc4C)cc3)C2c2ccc(I)cc2)nc1C. The van der Waals surface area contributed by atoms with Crippen LogP contribution in [0.15, 0.2) is 78.4 Å². The number of rotatable bonds is 7. The molecule has 0 saturated carbocycles. The third-order valence-corrected chi connectivity index (χ3v) is 8.70. The lowest BCUT2D eigenvalue weighted by Crippen LogP contribution is -2.29. The van der Waals surface area contributed by atoms with Crippen LogP contribution in [-0.2, 0) is 16.2 Å². The van der Waals surface area contributed by atoms with Gasteiger partial charge in [-0.25, -0.2) is 4.98 Å². The molecule has 202 valence electrons. The van der Waals surface area contributed by atoms with Gasteiger partial charge in [-0.3, -0.25) is 19.3 Å². The number of benzene rings is 3. The predicted molar refractivity (Wildman–Crippen MR) is 163 cm³/mol. The van der Waals surface area contributed by atoms with Gasteiger partial charge in [0.05, 0.1) is 22.2 Å². The van der Waals surface area contributed by atoms with Gasteiger partial charge in [-0.05, 0) is 89.5 Å². The topological polar surface area (TPSA) is 96.8 Å². The number of carbonyl (C=O) groups excluding carboxylic acids is 3. The molecule has 0 aliphatic carbocycles. The fraction of sp³-hybridized carbons (Fsp3) is 0.161. The number of nitrogens with zero attached hydrogens (tertiary/aromatic N) is 2. The maximum absolute atomic E-state index is 13.4. The number of carbonyl (C=O) groups is 3. The highest BCUT2D eigenvalue weighted by molar-refractivity contribution is 14.1. The average Bonchev–Trinajstić information content (AvgIpc) is 3.45. The van der Waals surface area contributed by atoms with E-state index in [1.807, 2.05) is 55.5 Å². The number of halogens is 1. The minimum absolute atomic E-state index is 0.0444. The molecule has 1 atom stereocenters. The van der Waals surface area contributed by atoms with Crippen molar-refractivity contribution in [1.82, 2.24) is 4.98 Å². The molecule has 1 saturated heterocycles. The highest BCUT2D eigenvalue weighted by Crippen LogP contribution is 2.44. The molecule has 9 heteroatoms. The van der Waals surface area contributed by atoms with Crippen LogP contribution in [0.5, 0.6) is 5.75 Å². The van der Waals surface area contributed by atoms with E-state index in [1.54, 1.807) is 31.2 Å². The zero-order valence-corrected chi connectivity index (χ0v) is 24.9. The summed E-state index contributed by atoms with van der Waals surface area (Å²) in [6.07, 6.45) is 0. The third kappa shape index (κ3) is 5.31. The predicted octanol–water partition coefficient (Wildman–Crippen LogP) is 6.77. The summed E-state index contributed by atoms with van der Waals surface area (Å²) in [5.41, 5.74) is 3.64. The first-order chi connectivity index (χ1) is 19.2. The number of amides is 1. The first kappa shape index (κ1) is 27.7. The number of aliphatic hydroxyl groups excluding tert-OH is 1. The fourth-order valence-corrected chi connectivity index (χ4v) is 5.95. The zero-order chi connectivity index (χ0) is 28.6. The van der Waals surface area contributed by atoms with E-state index in [9.17, 15) is 19.5 Å². The molecule has 1 aliphatic heterocycles. The second kappa shape index (κ2) is 11.3. The fourth-order valence-electron chi connectivity index (χ4n) is 4.60. The Morgan fingerprint density at radius 2 is 1.70 bits per heavy atom. The number of Topliss-reactive ketones (excluding diaryl/α,β-unsaturated/α-hetero) is 2. The van der Waals surface area contributed by atoms with Crippen LogP contribution in [0.25, 0.3) is 5.76 Å². The van der Waals surface area contributed by atoms with Crippen LogP contribution in [0, 0.1) is 17.4 Å². The summed E-state index contributed by atoms with van der Waals surface area (Å²) < 4.78 is 6.89. The van der Waals surface area contributed by atoms with Gasteiger partial charge in [-0.1, -0.05) is 47.7 Å². The monoisotopic (exact) mass is 664 g/mol. The van der Waals surface area contributed by atoms with Gasteiger partial charge in [0.25, 0.3) is 5.78 Å². The molecule has 4 aromatic rings. The Morgan fingerprint density at radius 1 is 1.02 bits per heavy atom. The van der Waals surface area contributed by atoms with Crippen molar-refractivity contribution in [3.63, 3.8) is 0 Å². The normalized spacial score (nSPS) is 16.4. The molecule has 1 fully saturated rings. The van der Waals surface area contributed by atoms with E-state index in [0.29, 0.717) is 34.1 Å². The van der Waals surface area contributed by atoms with E-state index >= 15 is 0 Å². The lowest BCUT2D eigenvalue weighted by Gasteiger charge is -2.23. The number of hydrogen-bond acceptors (Lipinski definition) is 7. The van der Waals surface area contributed by atoms with E-state index in [2.05, 4.69) is 27.6 Å². The largest absolute Gasteiger partial charge is 0.507 e. The third-order valence-electron chi connectivity index (χ3n) is 6.72. The van der Waals surface area contributed by atoms with Crippen molar-refractivity contribution in [2.24, 2.45) is 0 Å². The van der Waals surface area contributed by atoms with Gasteiger partial charge in [0.2, 0.25) is 0 Å². The molecule has 1 aliphatic rings. The van der Waals surface area contributed by atoms with Gasteiger partial charge < -0.3 is 9.84 Å². The molecular weight excluding hydrogens is 639 g/mol. The number of aromatic nitrogens is 1. The summed E-state index contributed by atoms with van der Waals surface area (Å²) in [6, 6.07) is 21.1. The quantitative estimate of drug-likeness (QED) is 0.0771. The second-order valence-electron chi connectivity index (χ2n) is 9.43. The Bertz CT molecular complexity index is 1660. The Labute approximate surface area is 249 Å². The second-order valence-corrected chi connectivity index (χ2v) is 11.7. The Balaban J connectivity index is 1.53. The first-order valence-electron chi connectivity index (χ1n) is 12.5. The number of aryl methyl sites for hydroxylation is 2. The van der Waals surface area contributed by atoms with E-state index in [4.69, 9.17) is 4.74 Å². The molecule has 0 radical (unpaired) electrons. The Morgan fingerprint density at radius 3 is 2.33 bits per heavy atom. The maximum atomic E-state index is 13.4. The van der Waals surface area contributed by atoms with Gasteiger partial charge in [0.15, 0.2) is 10.9 Å². The summed E-state index contributed by atoms with van der Waals surface area (Å²) in [5.74, 6) is -1.50.